The van der Waals surface area contributed by atoms with Gasteiger partial charge in [-0.25, -0.2) is 4.98 Å². The SMILES string of the molecule is C[C@@H](N)c1ccnc(N(C)CC2(O)CCCC2)c1. The van der Waals surface area contributed by atoms with Crippen LogP contribution in [0.2, 0.25) is 0 Å². The smallest absolute Gasteiger partial charge is 0.128 e. The highest BCUT2D eigenvalue weighted by atomic mass is 16.3. The number of hydrogen-bond acceptors (Lipinski definition) is 4. The average molecular weight is 249 g/mol. The van der Waals surface area contributed by atoms with Crippen LogP contribution < -0.4 is 10.6 Å². The van der Waals surface area contributed by atoms with E-state index in [0.717, 1.165) is 37.1 Å². The highest BCUT2D eigenvalue weighted by Gasteiger charge is 2.32. The lowest BCUT2D eigenvalue weighted by Crippen LogP contribution is -2.39. The molecule has 18 heavy (non-hydrogen) atoms. The molecule has 1 saturated carbocycles. The van der Waals surface area contributed by atoms with E-state index in [1.165, 1.54) is 0 Å². The van der Waals surface area contributed by atoms with Crippen molar-refractivity contribution in [1.29, 1.82) is 0 Å². The molecule has 1 aliphatic rings. The standard InChI is InChI=1S/C14H23N3O/c1-11(15)12-5-8-16-13(9-12)17(2)10-14(18)6-3-4-7-14/h5,8-9,11,18H,3-4,6-7,10,15H2,1-2H3/t11-/m1/s1. The number of likely N-dealkylation sites (N-methyl/N-ethyl adjacent to an activating group) is 1. The Morgan fingerprint density at radius 3 is 2.78 bits per heavy atom. The second kappa shape index (κ2) is 5.24. The first-order valence-electron chi connectivity index (χ1n) is 6.65. The van der Waals surface area contributed by atoms with E-state index in [1.54, 1.807) is 6.20 Å². The second-order valence-corrected chi connectivity index (χ2v) is 5.52. The number of aliphatic hydroxyl groups is 1. The molecule has 1 heterocycles. The van der Waals surface area contributed by atoms with Crippen LogP contribution in [0, 0.1) is 0 Å². The molecule has 0 radical (unpaired) electrons. The van der Waals surface area contributed by atoms with Crippen molar-refractivity contribution >= 4 is 5.82 Å². The summed E-state index contributed by atoms with van der Waals surface area (Å²) in [5, 5.41) is 10.4. The van der Waals surface area contributed by atoms with Crippen LogP contribution in [0.4, 0.5) is 5.82 Å². The molecule has 0 spiro atoms. The first-order chi connectivity index (χ1) is 8.50. The molecule has 1 aliphatic carbocycles. The number of pyridine rings is 1. The molecule has 0 saturated heterocycles. The van der Waals surface area contributed by atoms with Gasteiger partial charge in [0.2, 0.25) is 0 Å². The monoisotopic (exact) mass is 249 g/mol. The fraction of sp³-hybridized carbons (Fsp3) is 0.643. The second-order valence-electron chi connectivity index (χ2n) is 5.52. The quantitative estimate of drug-likeness (QED) is 0.854. The first-order valence-corrected chi connectivity index (χ1v) is 6.65. The lowest BCUT2D eigenvalue weighted by molar-refractivity contribution is 0.0558. The molecule has 1 aromatic heterocycles. The van der Waals surface area contributed by atoms with Crippen LogP contribution in [0.3, 0.4) is 0 Å². The maximum absolute atomic E-state index is 10.4. The van der Waals surface area contributed by atoms with Crippen molar-refractivity contribution in [3.63, 3.8) is 0 Å². The van der Waals surface area contributed by atoms with Crippen molar-refractivity contribution in [2.24, 2.45) is 5.73 Å². The van der Waals surface area contributed by atoms with Crippen molar-refractivity contribution in [2.45, 2.75) is 44.2 Å². The van der Waals surface area contributed by atoms with Gasteiger partial charge >= 0.3 is 0 Å². The summed E-state index contributed by atoms with van der Waals surface area (Å²) in [5.74, 6) is 0.880. The van der Waals surface area contributed by atoms with Gasteiger partial charge in [-0.2, -0.15) is 0 Å². The Bertz CT molecular complexity index is 400. The summed E-state index contributed by atoms with van der Waals surface area (Å²) in [6, 6.07) is 3.95. The third kappa shape index (κ3) is 3.00. The zero-order valence-electron chi connectivity index (χ0n) is 11.3. The van der Waals surface area contributed by atoms with Crippen molar-refractivity contribution < 1.29 is 5.11 Å². The van der Waals surface area contributed by atoms with Gasteiger partial charge in [0.1, 0.15) is 5.82 Å². The summed E-state index contributed by atoms with van der Waals surface area (Å²) in [6.45, 7) is 2.60. The van der Waals surface area contributed by atoms with Crippen molar-refractivity contribution in [1.82, 2.24) is 4.98 Å². The van der Waals surface area contributed by atoms with Crippen LogP contribution >= 0.6 is 0 Å². The molecule has 100 valence electrons. The molecule has 0 aliphatic heterocycles. The minimum absolute atomic E-state index is 0.00900. The highest BCUT2D eigenvalue weighted by molar-refractivity contribution is 5.41. The molecular formula is C14H23N3O. The lowest BCUT2D eigenvalue weighted by Gasteiger charge is -2.29. The molecule has 1 fully saturated rings. The highest BCUT2D eigenvalue weighted by Crippen LogP contribution is 2.31. The number of rotatable bonds is 4. The number of hydrogen-bond donors (Lipinski definition) is 2. The summed E-state index contributed by atoms with van der Waals surface area (Å²) in [5.41, 5.74) is 6.41. The van der Waals surface area contributed by atoms with E-state index in [0.29, 0.717) is 6.54 Å². The fourth-order valence-electron chi connectivity index (χ4n) is 2.64. The van der Waals surface area contributed by atoms with Crippen LogP contribution in [0.25, 0.3) is 0 Å². The zero-order chi connectivity index (χ0) is 13.2. The molecular weight excluding hydrogens is 226 g/mol. The summed E-state index contributed by atoms with van der Waals surface area (Å²) in [6.07, 6.45) is 5.81. The molecule has 0 bridgehead atoms. The maximum Gasteiger partial charge on any atom is 0.128 e. The average Bonchev–Trinajstić information content (AvgIpc) is 2.76. The molecule has 1 atom stereocenters. The van der Waals surface area contributed by atoms with Crippen LogP contribution in [0.5, 0.6) is 0 Å². The van der Waals surface area contributed by atoms with Crippen LogP contribution in [-0.2, 0) is 0 Å². The number of nitrogens with zero attached hydrogens (tertiary/aromatic N) is 2. The van der Waals surface area contributed by atoms with Crippen LogP contribution in [-0.4, -0.2) is 29.3 Å². The van der Waals surface area contributed by atoms with Gasteiger partial charge in [-0.3, -0.25) is 0 Å². The van der Waals surface area contributed by atoms with Gasteiger partial charge in [0, 0.05) is 25.8 Å². The minimum atomic E-state index is -0.541. The topological polar surface area (TPSA) is 62.4 Å². The van der Waals surface area contributed by atoms with Crippen LogP contribution in [0.1, 0.15) is 44.2 Å². The normalized spacial score (nSPS) is 19.8. The van der Waals surface area contributed by atoms with Crippen LogP contribution in [0.15, 0.2) is 18.3 Å². The Balaban J connectivity index is 2.08. The van der Waals surface area contributed by atoms with E-state index in [9.17, 15) is 5.11 Å². The molecule has 3 N–H and O–H groups in total. The van der Waals surface area contributed by atoms with E-state index in [1.807, 2.05) is 31.0 Å². The maximum atomic E-state index is 10.4. The van der Waals surface area contributed by atoms with Crippen molar-refractivity contribution in [2.75, 3.05) is 18.5 Å². The summed E-state index contributed by atoms with van der Waals surface area (Å²) >= 11 is 0. The van der Waals surface area contributed by atoms with Gasteiger partial charge in [-0.05, 0) is 37.5 Å². The molecule has 0 unspecified atom stereocenters. The lowest BCUT2D eigenvalue weighted by atomic mass is 10.0. The molecule has 4 heteroatoms. The van der Waals surface area contributed by atoms with Gasteiger partial charge in [0.05, 0.1) is 5.60 Å². The molecule has 0 aromatic carbocycles. The molecule has 4 nitrogen and oxygen atoms in total. The summed E-state index contributed by atoms with van der Waals surface area (Å²) in [4.78, 5) is 6.38. The van der Waals surface area contributed by atoms with Gasteiger partial charge in [-0.15, -0.1) is 0 Å². The van der Waals surface area contributed by atoms with Gasteiger partial charge < -0.3 is 15.7 Å². The first kappa shape index (κ1) is 13.3. The Morgan fingerprint density at radius 2 is 2.17 bits per heavy atom. The third-order valence-electron chi connectivity index (χ3n) is 3.75. The number of nitrogens with two attached hydrogens (primary N) is 1. The predicted molar refractivity (Wildman–Crippen MR) is 73.5 cm³/mol. The predicted octanol–water partition coefficient (Wildman–Crippen LogP) is 1.84. The summed E-state index contributed by atoms with van der Waals surface area (Å²) < 4.78 is 0. The zero-order valence-corrected chi connectivity index (χ0v) is 11.3. The summed E-state index contributed by atoms with van der Waals surface area (Å²) in [7, 11) is 1.98. The molecule has 2 rings (SSSR count). The van der Waals surface area contributed by atoms with E-state index in [-0.39, 0.29) is 6.04 Å². The number of anilines is 1. The Morgan fingerprint density at radius 1 is 1.50 bits per heavy atom. The molecule has 1 aromatic rings. The Labute approximate surface area is 109 Å². The van der Waals surface area contributed by atoms with E-state index < -0.39 is 5.60 Å². The van der Waals surface area contributed by atoms with Gasteiger partial charge in [-0.1, -0.05) is 12.8 Å². The molecule has 0 amide bonds. The third-order valence-corrected chi connectivity index (χ3v) is 3.75. The number of aromatic nitrogens is 1. The minimum Gasteiger partial charge on any atom is -0.388 e. The van der Waals surface area contributed by atoms with Crippen molar-refractivity contribution in [3.8, 4) is 0 Å². The van der Waals surface area contributed by atoms with Gasteiger partial charge in [0.15, 0.2) is 0 Å². The van der Waals surface area contributed by atoms with E-state index in [2.05, 4.69) is 4.98 Å². The van der Waals surface area contributed by atoms with Crippen molar-refractivity contribution in [3.05, 3.63) is 23.9 Å². The largest absolute Gasteiger partial charge is 0.388 e. The fourth-order valence-corrected chi connectivity index (χ4v) is 2.64. The Kier molecular flexibility index (Phi) is 3.88. The van der Waals surface area contributed by atoms with Gasteiger partial charge in [0.25, 0.3) is 0 Å². The van der Waals surface area contributed by atoms with E-state index in [4.69, 9.17) is 5.73 Å². The Hall–Kier alpha value is -1.13. The van der Waals surface area contributed by atoms with E-state index >= 15 is 0 Å².